The number of anilines is 3. The Morgan fingerprint density at radius 1 is 0.950 bits per heavy atom. The number of alkyl halides is 3. The molecule has 1 aromatic heterocycles. The van der Waals surface area contributed by atoms with Crippen molar-refractivity contribution in [2.75, 3.05) is 29.5 Å². The third-order valence-corrected chi connectivity index (χ3v) is 6.88. The van der Waals surface area contributed by atoms with Gasteiger partial charge in [-0.2, -0.15) is 15.0 Å². The van der Waals surface area contributed by atoms with Gasteiger partial charge < -0.3 is 26.0 Å². The molecule has 1 aliphatic carbocycles. The number of aromatic nitrogens is 3. The molecule has 0 spiro atoms. The van der Waals surface area contributed by atoms with Crippen molar-refractivity contribution in [2.24, 2.45) is 5.92 Å². The second-order valence-corrected chi connectivity index (χ2v) is 9.82. The zero-order chi connectivity index (χ0) is 28.5. The molecule has 2 aromatic carbocycles. The number of amides is 1. The quantitative estimate of drug-likeness (QED) is 0.251. The molecule has 3 aromatic rings. The lowest BCUT2D eigenvalue weighted by atomic mass is 9.85. The molecule has 4 N–H and O–H groups in total. The Morgan fingerprint density at radius 3 is 2.30 bits per heavy atom. The highest BCUT2D eigenvalue weighted by Gasteiger charge is 2.32. The van der Waals surface area contributed by atoms with Crippen LogP contribution >= 0.6 is 0 Å². The smallest absolute Gasteiger partial charge is 0.405 e. The van der Waals surface area contributed by atoms with Crippen molar-refractivity contribution in [1.29, 1.82) is 0 Å². The summed E-state index contributed by atoms with van der Waals surface area (Å²) in [5.41, 5.74) is 1.48. The van der Waals surface area contributed by atoms with E-state index in [1.54, 1.807) is 13.1 Å². The molecule has 1 amide bonds. The van der Waals surface area contributed by atoms with E-state index in [0.717, 1.165) is 12.8 Å². The molecular formula is C28H34F3N7O2. The number of para-hydroxylation sites is 1. The van der Waals surface area contributed by atoms with Gasteiger partial charge in [0, 0.05) is 37.7 Å². The minimum Gasteiger partial charge on any atom is -0.405 e. The Labute approximate surface area is 231 Å². The number of nitrogens with zero attached hydrogens (tertiary/aromatic N) is 3. The van der Waals surface area contributed by atoms with Crippen molar-refractivity contribution in [2.45, 2.75) is 57.5 Å². The first-order chi connectivity index (χ1) is 19.2. The molecule has 9 nitrogen and oxygen atoms in total. The lowest BCUT2D eigenvalue weighted by molar-refractivity contribution is -0.274. The number of ether oxygens (including phenoxy) is 1. The monoisotopic (exact) mass is 557 g/mol. The van der Waals surface area contributed by atoms with E-state index in [9.17, 15) is 18.0 Å². The maximum atomic E-state index is 12.7. The standard InChI is InChI=1S/C28H34F3N7O2/c1-18(19-8-4-3-5-9-19)16-34-26-36-25(32-2)37-27(38-26)35-22-14-12-20(13-15-22)24(39)33-17-21-10-6-7-11-23(21)40-28(29,30)31/h3-11,18,20,22H,12-17H2,1-2H3,(H,33,39)(H3,32,34,35,36,37,38)/t18-,20-,22+/m0/s1. The summed E-state index contributed by atoms with van der Waals surface area (Å²) in [7, 11) is 1.74. The number of benzene rings is 2. The summed E-state index contributed by atoms with van der Waals surface area (Å²) < 4.78 is 42.1. The Kier molecular flexibility index (Phi) is 9.62. The van der Waals surface area contributed by atoms with Crippen molar-refractivity contribution in [3.8, 4) is 5.75 Å². The summed E-state index contributed by atoms with van der Waals surface area (Å²) in [6.45, 7) is 2.74. The number of nitrogens with one attached hydrogen (secondary N) is 4. The van der Waals surface area contributed by atoms with Gasteiger partial charge in [-0.25, -0.2) is 0 Å². The SMILES string of the molecule is CNc1nc(NC[C@H](C)c2ccccc2)nc(N[C@H]2CC[C@@H](C(=O)NCc3ccccc3OC(F)(F)F)CC2)n1. The zero-order valence-corrected chi connectivity index (χ0v) is 22.5. The number of hydrogen-bond acceptors (Lipinski definition) is 8. The van der Waals surface area contributed by atoms with Gasteiger partial charge in [0.2, 0.25) is 23.8 Å². The average Bonchev–Trinajstić information content (AvgIpc) is 2.95. The van der Waals surface area contributed by atoms with Gasteiger partial charge >= 0.3 is 6.36 Å². The van der Waals surface area contributed by atoms with Crippen LogP contribution in [0.3, 0.4) is 0 Å². The van der Waals surface area contributed by atoms with Gasteiger partial charge in [0.15, 0.2) is 0 Å². The number of hydrogen-bond donors (Lipinski definition) is 4. The molecule has 1 fully saturated rings. The maximum absolute atomic E-state index is 12.7. The van der Waals surface area contributed by atoms with Gasteiger partial charge in [-0.1, -0.05) is 55.5 Å². The van der Waals surface area contributed by atoms with Gasteiger partial charge in [-0.3, -0.25) is 4.79 Å². The highest BCUT2D eigenvalue weighted by atomic mass is 19.4. The van der Waals surface area contributed by atoms with Crippen LogP contribution in [-0.2, 0) is 11.3 Å². The fourth-order valence-corrected chi connectivity index (χ4v) is 4.66. The summed E-state index contributed by atoms with van der Waals surface area (Å²) in [5, 5.41) is 12.4. The first kappa shape index (κ1) is 28.9. The van der Waals surface area contributed by atoms with Crippen molar-refractivity contribution in [1.82, 2.24) is 20.3 Å². The minimum atomic E-state index is -4.80. The topological polar surface area (TPSA) is 113 Å². The normalized spacial score (nSPS) is 17.9. The maximum Gasteiger partial charge on any atom is 0.573 e. The molecular weight excluding hydrogens is 523 g/mol. The highest BCUT2D eigenvalue weighted by molar-refractivity contribution is 5.78. The zero-order valence-electron chi connectivity index (χ0n) is 22.5. The van der Waals surface area contributed by atoms with Crippen molar-refractivity contribution >= 4 is 23.8 Å². The number of carbonyl (C=O) groups excluding carboxylic acids is 1. The van der Waals surface area contributed by atoms with Crippen LogP contribution in [0.4, 0.5) is 31.0 Å². The van der Waals surface area contributed by atoms with E-state index in [2.05, 4.69) is 60.0 Å². The molecule has 0 radical (unpaired) electrons. The molecule has 4 rings (SSSR count). The van der Waals surface area contributed by atoms with Crippen LogP contribution in [0.2, 0.25) is 0 Å². The third-order valence-electron chi connectivity index (χ3n) is 6.88. The Hall–Kier alpha value is -4.09. The van der Waals surface area contributed by atoms with E-state index < -0.39 is 6.36 Å². The summed E-state index contributed by atoms with van der Waals surface area (Å²) in [6.07, 6.45) is -2.09. The van der Waals surface area contributed by atoms with E-state index in [1.807, 2.05) is 18.2 Å². The lowest BCUT2D eigenvalue weighted by Gasteiger charge is -2.28. The number of rotatable bonds is 11. The van der Waals surface area contributed by atoms with Crippen molar-refractivity contribution < 1.29 is 22.7 Å². The van der Waals surface area contributed by atoms with Gasteiger partial charge in [0.05, 0.1) is 0 Å². The summed E-state index contributed by atoms with van der Waals surface area (Å²) in [6, 6.07) is 16.1. The second kappa shape index (κ2) is 13.3. The van der Waals surface area contributed by atoms with Crippen LogP contribution in [0, 0.1) is 5.92 Å². The largest absolute Gasteiger partial charge is 0.573 e. The van der Waals surface area contributed by atoms with E-state index in [4.69, 9.17) is 0 Å². The molecule has 0 saturated heterocycles. The molecule has 1 heterocycles. The lowest BCUT2D eigenvalue weighted by Crippen LogP contribution is -2.36. The third kappa shape index (κ3) is 8.45. The Bertz CT molecular complexity index is 1250. The van der Waals surface area contributed by atoms with E-state index in [1.165, 1.54) is 23.8 Å². The van der Waals surface area contributed by atoms with Crippen LogP contribution in [0.1, 0.15) is 49.7 Å². The molecule has 1 aliphatic rings. The molecule has 0 unspecified atom stereocenters. The van der Waals surface area contributed by atoms with Gasteiger partial charge in [0.25, 0.3) is 0 Å². The second-order valence-electron chi connectivity index (χ2n) is 9.82. The highest BCUT2D eigenvalue weighted by Crippen LogP contribution is 2.28. The first-order valence-corrected chi connectivity index (χ1v) is 13.3. The predicted octanol–water partition coefficient (Wildman–Crippen LogP) is 5.31. The van der Waals surface area contributed by atoms with Crippen LogP contribution in [0.5, 0.6) is 5.75 Å². The predicted molar refractivity (Wildman–Crippen MR) is 147 cm³/mol. The van der Waals surface area contributed by atoms with Crippen LogP contribution in [-0.4, -0.2) is 46.9 Å². The van der Waals surface area contributed by atoms with Crippen molar-refractivity contribution in [3.05, 3.63) is 65.7 Å². The molecule has 40 heavy (non-hydrogen) atoms. The van der Waals surface area contributed by atoms with Crippen LogP contribution < -0.4 is 26.0 Å². The minimum absolute atomic E-state index is 0.0421. The van der Waals surface area contributed by atoms with Crippen molar-refractivity contribution in [3.63, 3.8) is 0 Å². The summed E-state index contributed by atoms with van der Waals surface area (Å²) in [5.74, 6) is 0.893. The first-order valence-electron chi connectivity index (χ1n) is 13.3. The number of carbonyl (C=O) groups is 1. The Balaban J connectivity index is 1.27. The van der Waals surface area contributed by atoms with E-state index in [-0.39, 0.29) is 41.6 Å². The summed E-state index contributed by atoms with van der Waals surface area (Å²) in [4.78, 5) is 26.1. The molecule has 0 bridgehead atoms. The fraction of sp³-hybridized carbons (Fsp3) is 0.429. The Morgan fingerprint density at radius 2 is 1.60 bits per heavy atom. The van der Waals surface area contributed by atoms with E-state index >= 15 is 0 Å². The average molecular weight is 558 g/mol. The molecule has 1 atom stereocenters. The van der Waals surface area contributed by atoms with Gasteiger partial charge in [-0.05, 0) is 43.2 Å². The molecule has 1 saturated carbocycles. The molecule has 214 valence electrons. The number of halogens is 3. The van der Waals surface area contributed by atoms with Crippen LogP contribution in [0.15, 0.2) is 54.6 Å². The van der Waals surface area contributed by atoms with Gasteiger partial charge in [0.1, 0.15) is 5.75 Å². The fourth-order valence-electron chi connectivity index (χ4n) is 4.66. The molecule has 0 aliphatic heterocycles. The van der Waals surface area contributed by atoms with Crippen LogP contribution in [0.25, 0.3) is 0 Å². The molecule has 12 heteroatoms. The summed E-state index contributed by atoms with van der Waals surface area (Å²) >= 11 is 0. The van der Waals surface area contributed by atoms with Gasteiger partial charge in [-0.15, -0.1) is 13.2 Å². The van der Waals surface area contributed by atoms with E-state index in [0.29, 0.717) is 37.2 Å².